The summed E-state index contributed by atoms with van der Waals surface area (Å²) in [6.45, 7) is 6.21. The molecule has 0 aromatic heterocycles. The molecule has 0 saturated heterocycles. The standard InChI is InChI=1S/C22H29NO2S/c1-4-6-14-22(5-2)16-26(24,25)20-15-17(3)12-13-19(20)21(23-22)18-10-8-7-9-11-18/h7-13,15,21,23H,4-6,14,16H2,1-3H3/t21-,22-/m0/s1. The highest BCUT2D eigenvalue weighted by molar-refractivity contribution is 7.91. The number of unbranched alkanes of at least 4 members (excludes halogenated alkanes) is 1. The van der Waals surface area contributed by atoms with Crippen LogP contribution in [-0.2, 0) is 9.84 Å². The van der Waals surface area contributed by atoms with E-state index in [0.717, 1.165) is 42.4 Å². The fraction of sp³-hybridized carbons (Fsp3) is 0.455. The van der Waals surface area contributed by atoms with Crippen LogP contribution >= 0.6 is 0 Å². The lowest BCUT2D eigenvalue weighted by molar-refractivity contribution is 0.295. The van der Waals surface area contributed by atoms with Crippen molar-refractivity contribution in [3.63, 3.8) is 0 Å². The van der Waals surface area contributed by atoms with Gasteiger partial charge in [0, 0.05) is 5.54 Å². The normalized spacial score (nSPS) is 24.7. The Morgan fingerprint density at radius 1 is 1.12 bits per heavy atom. The summed E-state index contributed by atoms with van der Waals surface area (Å²) in [5.41, 5.74) is 2.57. The van der Waals surface area contributed by atoms with Crippen LogP contribution in [0.25, 0.3) is 0 Å². The van der Waals surface area contributed by atoms with Crippen LogP contribution in [0, 0.1) is 6.92 Å². The Hall–Kier alpha value is -1.65. The van der Waals surface area contributed by atoms with Gasteiger partial charge in [-0.05, 0) is 42.5 Å². The fourth-order valence-corrected chi connectivity index (χ4v) is 6.19. The van der Waals surface area contributed by atoms with Crippen molar-refractivity contribution in [2.24, 2.45) is 0 Å². The molecule has 1 aliphatic rings. The lowest BCUT2D eigenvalue weighted by Gasteiger charge is -2.35. The van der Waals surface area contributed by atoms with E-state index >= 15 is 0 Å². The predicted molar refractivity (Wildman–Crippen MR) is 107 cm³/mol. The van der Waals surface area contributed by atoms with Crippen LogP contribution in [0.5, 0.6) is 0 Å². The molecule has 0 spiro atoms. The molecule has 0 amide bonds. The summed E-state index contributed by atoms with van der Waals surface area (Å²) < 4.78 is 26.6. The highest BCUT2D eigenvalue weighted by atomic mass is 32.2. The molecule has 0 fully saturated rings. The average molecular weight is 372 g/mol. The lowest BCUT2D eigenvalue weighted by Crippen LogP contribution is -2.50. The van der Waals surface area contributed by atoms with Crippen molar-refractivity contribution in [3.8, 4) is 0 Å². The predicted octanol–water partition coefficient (Wildman–Crippen LogP) is 4.80. The summed E-state index contributed by atoms with van der Waals surface area (Å²) in [6, 6.07) is 15.9. The molecule has 1 N–H and O–H groups in total. The van der Waals surface area contributed by atoms with E-state index < -0.39 is 15.4 Å². The summed E-state index contributed by atoms with van der Waals surface area (Å²) in [6.07, 6.45) is 3.75. The van der Waals surface area contributed by atoms with Crippen molar-refractivity contribution in [1.29, 1.82) is 0 Å². The topological polar surface area (TPSA) is 46.2 Å². The van der Waals surface area contributed by atoms with Crippen molar-refractivity contribution < 1.29 is 8.42 Å². The number of aryl methyl sites for hydroxylation is 1. The van der Waals surface area contributed by atoms with E-state index in [4.69, 9.17) is 0 Å². The van der Waals surface area contributed by atoms with Crippen LogP contribution < -0.4 is 5.32 Å². The van der Waals surface area contributed by atoms with E-state index in [-0.39, 0.29) is 11.8 Å². The number of sulfone groups is 1. The Kier molecular flexibility index (Phi) is 5.54. The number of nitrogens with one attached hydrogen (secondary N) is 1. The summed E-state index contributed by atoms with van der Waals surface area (Å²) >= 11 is 0. The molecule has 4 heteroatoms. The number of hydrogen-bond donors (Lipinski definition) is 1. The molecule has 3 rings (SSSR count). The second-order valence-corrected chi connectivity index (χ2v) is 9.48. The van der Waals surface area contributed by atoms with Crippen molar-refractivity contribution in [2.45, 2.75) is 62.9 Å². The molecule has 3 nitrogen and oxygen atoms in total. The van der Waals surface area contributed by atoms with Crippen LogP contribution in [0.2, 0.25) is 0 Å². The van der Waals surface area contributed by atoms with Crippen molar-refractivity contribution in [2.75, 3.05) is 5.75 Å². The quantitative estimate of drug-likeness (QED) is 0.821. The SMILES string of the molecule is CCCC[C@@]1(CC)CS(=O)(=O)c2cc(C)ccc2[C@H](c2ccccc2)N1. The Morgan fingerprint density at radius 2 is 1.85 bits per heavy atom. The number of rotatable bonds is 5. The van der Waals surface area contributed by atoms with Gasteiger partial charge in [-0.3, -0.25) is 5.32 Å². The van der Waals surface area contributed by atoms with Gasteiger partial charge in [-0.25, -0.2) is 8.42 Å². The third kappa shape index (κ3) is 3.72. The molecular weight excluding hydrogens is 342 g/mol. The van der Waals surface area contributed by atoms with Gasteiger partial charge in [-0.2, -0.15) is 0 Å². The van der Waals surface area contributed by atoms with Crippen molar-refractivity contribution >= 4 is 9.84 Å². The summed E-state index contributed by atoms with van der Waals surface area (Å²) in [7, 11) is -3.35. The largest absolute Gasteiger partial charge is 0.300 e. The molecule has 2 atom stereocenters. The zero-order valence-corrected chi connectivity index (χ0v) is 16.8. The van der Waals surface area contributed by atoms with E-state index in [1.807, 2.05) is 43.3 Å². The minimum absolute atomic E-state index is 0.110. The zero-order chi connectivity index (χ0) is 18.8. The van der Waals surface area contributed by atoms with Gasteiger partial charge in [0.15, 0.2) is 9.84 Å². The number of benzene rings is 2. The van der Waals surface area contributed by atoms with Gasteiger partial charge in [0.25, 0.3) is 0 Å². The first-order chi connectivity index (χ1) is 12.4. The minimum atomic E-state index is -3.35. The van der Waals surface area contributed by atoms with Crippen LogP contribution in [0.4, 0.5) is 0 Å². The van der Waals surface area contributed by atoms with Gasteiger partial charge in [0.2, 0.25) is 0 Å². The van der Waals surface area contributed by atoms with Gasteiger partial charge in [-0.15, -0.1) is 0 Å². The molecule has 0 unspecified atom stereocenters. The monoisotopic (exact) mass is 371 g/mol. The van der Waals surface area contributed by atoms with Gasteiger partial charge < -0.3 is 0 Å². The van der Waals surface area contributed by atoms with Gasteiger partial charge in [0.05, 0.1) is 16.7 Å². The minimum Gasteiger partial charge on any atom is -0.300 e. The molecule has 140 valence electrons. The maximum atomic E-state index is 13.3. The Balaban J connectivity index is 2.20. The van der Waals surface area contributed by atoms with E-state index in [9.17, 15) is 8.42 Å². The van der Waals surface area contributed by atoms with Crippen molar-refractivity contribution in [3.05, 3.63) is 65.2 Å². The molecular formula is C22H29NO2S. The summed E-state index contributed by atoms with van der Waals surface area (Å²) in [5, 5.41) is 3.78. The summed E-state index contributed by atoms with van der Waals surface area (Å²) in [5.74, 6) is 0.163. The van der Waals surface area contributed by atoms with Crippen LogP contribution in [0.15, 0.2) is 53.4 Å². The average Bonchev–Trinajstić information content (AvgIpc) is 2.74. The smallest absolute Gasteiger partial charge is 0.180 e. The second-order valence-electron chi connectivity index (χ2n) is 7.53. The third-order valence-electron chi connectivity index (χ3n) is 5.55. The maximum Gasteiger partial charge on any atom is 0.180 e. The highest BCUT2D eigenvalue weighted by Gasteiger charge is 2.41. The molecule has 0 saturated carbocycles. The molecule has 26 heavy (non-hydrogen) atoms. The molecule has 2 aromatic rings. The first-order valence-electron chi connectivity index (χ1n) is 9.57. The lowest BCUT2D eigenvalue weighted by atomic mass is 9.88. The molecule has 1 heterocycles. The second kappa shape index (κ2) is 7.53. The van der Waals surface area contributed by atoms with Crippen LogP contribution in [0.3, 0.4) is 0 Å². The van der Waals surface area contributed by atoms with Crippen LogP contribution in [0.1, 0.15) is 62.3 Å². The van der Waals surface area contributed by atoms with Gasteiger partial charge in [-0.1, -0.05) is 69.2 Å². The zero-order valence-electron chi connectivity index (χ0n) is 16.0. The van der Waals surface area contributed by atoms with Crippen LogP contribution in [-0.4, -0.2) is 19.7 Å². The maximum absolute atomic E-state index is 13.3. The molecule has 0 radical (unpaired) electrons. The Bertz CT molecular complexity index is 861. The van der Waals surface area contributed by atoms with E-state index in [1.165, 1.54) is 0 Å². The Labute approximate surface area is 157 Å². The first kappa shape index (κ1) is 19.1. The van der Waals surface area contributed by atoms with E-state index in [0.29, 0.717) is 4.90 Å². The molecule has 1 aliphatic heterocycles. The number of fused-ring (bicyclic) bond motifs is 1. The summed E-state index contributed by atoms with van der Waals surface area (Å²) in [4.78, 5) is 0.491. The molecule has 0 aliphatic carbocycles. The fourth-order valence-electron chi connectivity index (χ4n) is 3.97. The van der Waals surface area contributed by atoms with Crippen molar-refractivity contribution in [1.82, 2.24) is 5.32 Å². The van der Waals surface area contributed by atoms with E-state index in [1.54, 1.807) is 0 Å². The van der Waals surface area contributed by atoms with E-state index in [2.05, 4.69) is 31.3 Å². The number of hydrogen-bond acceptors (Lipinski definition) is 3. The Morgan fingerprint density at radius 3 is 2.50 bits per heavy atom. The first-order valence-corrected chi connectivity index (χ1v) is 11.2. The molecule has 2 aromatic carbocycles. The highest BCUT2D eigenvalue weighted by Crippen LogP contribution is 2.38. The molecule has 0 bridgehead atoms. The third-order valence-corrected chi connectivity index (χ3v) is 7.51. The van der Waals surface area contributed by atoms with Gasteiger partial charge in [0.1, 0.15) is 0 Å². The van der Waals surface area contributed by atoms with Gasteiger partial charge >= 0.3 is 0 Å².